The summed E-state index contributed by atoms with van der Waals surface area (Å²) in [5, 5.41) is 6.24. The maximum atomic E-state index is 11.0. The number of nitrogens with one attached hydrogen (secondary N) is 2. The summed E-state index contributed by atoms with van der Waals surface area (Å²) in [6.07, 6.45) is 9.25. The second-order valence-electron chi connectivity index (χ2n) is 5.35. The molecule has 5 nitrogen and oxygen atoms in total. The van der Waals surface area contributed by atoms with Gasteiger partial charge in [-0.2, -0.15) is 0 Å². The molecule has 0 aliphatic heterocycles. The minimum Gasteiger partial charge on any atom is -0.356 e. The van der Waals surface area contributed by atoms with Crippen molar-refractivity contribution in [2.24, 2.45) is 10.9 Å². The molecular formula is C13H27N3O2S. The average molecular weight is 289 g/mol. The van der Waals surface area contributed by atoms with E-state index in [0.717, 1.165) is 18.9 Å². The van der Waals surface area contributed by atoms with Crippen LogP contribution in [0.25, 0.3) is 0 Å². The minimum absolute atomic E-state index is 0.135. The second-order valence-corrected chi connectivity index (χ2v) is 7.61. The Kier molecular flexibility index (Phi) is 7.20. The molecule has 6 heteroatoms. The lowest BCUT2D eigenvalue weighted by atomic mass is 10.0. The molecule has 0 unspecified atom stereocenters. The zero-order valence-corrected chi connectivity index (χ0v) is 12.9. The van der Waals surface area contributed by atoms with Gasteiger partial charge in [0.15, 0.2) is 5.96 Å². The van der Waals surface area contributed by atoms with Gasteiger partial charge in [-0.05, 0) is 18.8 Å². The van der Waals surface area contributed by atoms with Crippen LogP contribution in [0.15, 0.2) is 4.99 Å². The molecule has 0 aromatic rings. The van der Waals surface area contributed by atoms with Crippen LogP contribution in [0.5, 0.6) is 0 Å². The predicted octanol–water partition coefficient (Wildman–Crippen LogP) is 1.17. The third-order valence-corrected chi connectivity index (χ3v) is 4.49. The fourth-order valence-corrected chi connectivity index (χ4v) is 2.94. The number of hydrogen-bond acceptors (Lipinski definition) is 3. The number of hydrogen-bond donors (Lipinski definition) is 2. The van der Waals surface area contributed by atoms with Crippen molar-refractivity contribution in [3.05, 3.63) is 0 Å². The topological polar surface area (TPSA) is 70.6 Å². The van der Waals surface area contributed by atoms with Gasteiger partial charge >= 0.3 is 0 Å². The first-order valence-corrected chi connectivity index (χ1v) is 9.19. The Balaban J connectivity index is 2.08. The predicted molar refractivity (Wildman–Crippen MR) is 80.3 cm³/mol. The molecule has 112 valence electrons. The van der Waals surface area contributed by atoms with Gasteiger partial charge in [-0.1, -0.05) is 25.7 Å². The molecule has 1 saturated carbocycles. The summed E-state index contributed by atoms with van der Waals surface area (Å²) in [7, 11) is -1.21. The number of nitrogens with zero attached hydrogens (tertiary/aromatic N) is 1. The van der Waals surface area contributed by atoms with E-state index < -0.39 is 9.84 Å². The second kappa shape index (κ2) is 8.40. The zero-order chi connectivity index (χ0) is 14.1. The van der Waals surface area contributed by atoms with Crippen molar-refractivity contribution in [3.8, 4) is 0 Å². The van der Waals surface area contributed by atoms with E-state index in [9.17, 15) is 8.42 Å². The van der Waals surface area contributed by atoms with Crippen LogP contribution in [0, 0.1) is 5.92 Å². The molecule has 0 radical (unpaired) electrons. The first-order valence-electron chi connectivity index (χ1n) is 7.13. The Morgan fingerprint density at radius 1 is 1.21 bits per heavy atom. The van der Waals surface area contributed by atoms with E-state index >= 15 is 0 Å². The van der Waals surface area contributed by atoms with Gasteiger partial charge in [-0.25, -0.2) is 8.42 Å². The largest absolute Gasteiger partial charge is 0.356 e. The Bertz CT molecular complexity index is 373. The molecule has 0 saturated heterocycles. The number of sulfone groups is 1. The lowest BCUT2D eigenvalue weighted by Crippen LogP contribution is -2.39. The Morgan fingerprint density at radius 3 is 2.42 bits per heavy atom. The first kappa shape index (κ1) is 16.3. The van der Waals surface area contributed by atoms with Crippen LogP contribution >= 0.6 is 0 Å². The van der Waals surface area contributed by atoms with Crippen molar-refractivity contribution in [3.63, 3.8) is 0 Å². The van der Waals surface area contributed by atoms with Gasteiger partial charge in [0, 0.05) is 26.4 Å². The molecule has 0 atom stereocenters. The van der Waals surface area contributed by atoms with E-state index in [0.29, 0.717) is 12.5 Å². The zero-order valence-electron chi connectivity index (χ0n) is 12.1. The van der Waals surface area contributed by atoms with Gasteiger partial charge in [-0.15, -0.1) is 0 Å². The number of rotatable bonds is 7. The quantitative estimate of drug-likeness (QED) is 0.419. The first-order chi connectivity index (χ1) is 9.01. The summed E-state index contributed by atoms with van der Waals surface area (Å²) in [5.41, 5.74) is 0. The summed E-state index contributed by atoms with van der Waals surface area (Å²) >= 11 is 0. The van der Waals surface area contributed by atoms with Crippen molar-refractivity contribution in [2.45, 2.75) is 38.5 Å². The van der Waals surface area contributed by atoms with Crippen LogP contribution in [0.4, 0.5) is 0 Å². The highest BCUT2D eigenvalue weighted by molar-refractivity contribution is 7.90. The normalized spacial score (nSPS) is 17.7. The van der Waals surface area contributed by atoms with Gasteiger partial charge in [-0.3, -0.25) is 4.99 Å². The molecule has 1 fully saturated rings. The van der Waals surface area contributed by atoms with E-state index in [2.05, 4.69) is 15.6 Å². The summed E-state index contributed by atoms with van der Waals surface area (Å²) in [5.74, 6) is 1.74. The highest BCUT2D eigenvalue weighted by Crippen LogP contribution is 2.28. The van der Waals surface area contributed by atoms with Crippen LogP contribution in [-0.4, -0.2) is 46.5 Å². The molecule has 0 amide bonds. The molecular weight excluding hydrogens is 262 g/mol. The minimum atomic E-state index is -2.91. The Morgan fingerprint density at radius 2 is 1.84 bits per heavy atom. The van der Waals surface area contributed by atoms with Crippen molar-refractivity contribution in [1.29, 1.82) is 0 Å². The fourth-order valence-electron chi connectivity index (χ4n) is 2.47. The molecule has 1 aliphatic rings. The molecule has 19 heavy (non-hydrogen) atoms. The average Bonchev–Trinajstić information content (AvgIpc) is 2.83. The molecule has 1 aliphatic carbocycles. The van der Waals surface area contributed by atoms with Crippen molar-refractivity contribution in [1.82, 2.24) is 10.6 Å². The van der Waals surface area contributed by atoms with Gasteiger partial charge < -0.3 is 10.6 Å². The van der Waals surface area contributed by atoms with E-state index in [1.807, 2.05) is 0 Å². The molecule has 2 N–H and O–H groups in total. The summed E-state index contributed by atoms with van der Waals surface area (Å²) < 4.78 is 22.0. The van der Waals surface area contributed by atoms with Gasteiger partial charge in [0.05, 0.1) is 5.75 Å². The van der Waals surface area contributed by atoms with Crippen molar-refractivity contribution in [2.75, 3.05) is 32.1 Å². The maximum Gasteiger partial charge on any atom is 0.191 e. The van der Waals surface area contributed by atoms with E-state index in [4.69, 9.17) is 0 Å². The molecule has 0 heterocycles. The van der Waals surface area contributed by atoms with Crippen LogP contribution in [0.2, 0.25) is 0 Å². The summed E-state index contributed by atoms with van der Waals surface area (Å²) in [4.78, 5) is 4.08. The van der Waals surface area contributed by atoms with E-state index in [1.54, 1.807) is 7.05 Å². The molecule has 0 spiro atoms. The smallest absolute Gasteiger partial charge is 0.191 e. The van der Waals surface area contributed by atoms with Crippen LogP contribution in [0.1, 0.15) is 38.5 Å². The van der Waals surface area contributed by atoms with E-state index in [-0.39, 0.29) is 5.75 Å². The Labute approximate surface area is 117 Å². The highest BCUT2D eigenvalue weighted by Gasteiger charge is 2.13. The molecule has 0 bridgehead atoms. The third-order valence-electron chi connectivity index (χ3n) is 3.55. The third kappa shape index (κ3) is 8.08. The molecule has 0 aromatic carbocycles. The molecule has 1 rings (SSSR count). The van der Waals surface area contributed by atoms with Gasteiger partial charge in [0.25, 0.3) is 0 Å². The monoisotopic (exact) mass is 289 g/mol. The van der Waals surface area contributed by atoms with Crippen molar-refractivity contribution >= 4 is 15.8 Å². The van der Waals surface area contributed by atoms with Gasteiger partial charge in [0.1, 0.15) is 9.84 Å². The Hall–Kier alpha value is -0.780. The summed E-state index contributed by atoms with van der Waals surface area (Å²) in [6, 6.07) is 0. The summed E-state index contributed by atoms with van der Waals surface area (Å²) in [6.45, 7) is 1.30. The van der Waals surface area contributed by atoms with E-state index in [1.165, 1.54) is 38.4 Å². The van der Waals surface area contributed by atoms with Crippen LogP contribution < -0.4 is 10.6 Å². The SMILES string of the molecule is CN=C(NCCCC1CCCC1)NCCS(C)(=O)=O. The lowest BCUT2D eigenvalue weighted by Gasteiger charge is -2.13. The molecule has 0 aromatic heterocycles. The highest BCUT2D eigenvalue weighted by atomic mass is 32.2. The number of aliphatic imine (C=N–C) groups is 1. The standard InChI is InChI=1S/C13H27N3O2S/c1-14-13(16-10-11-19(2,17)18)15-9-5-8-12-6-3-4-7-12/h12H,3-11H2,1-2H3,(H2,14,15,16). The van der Waals surface area contributed by atoms with Crippen molar-refractivity contribution < 1.29 is 8.42 Å². The van der Waals surface area contributed by atoms with Crippen LogP contribution in [0.3, 0.4) is 0 Å². The maximum absolute atomic E-state index is 11.0. The lowest BCUT2D eigenvalue weighted by molar-refractivity contribution is 0.481. The van der Waals surface area contributed by atoms with Gasteiger partial charge in [0.2, 0.25) is 0 Å². The fraction of sp³-hybridized carbons (Fsp3) is 0.923. The van der Waals surface area contributed by atoms with Crippen LogP contribution in [-0.2, 0) is 9.84 Å². The number of guanidine groups is 1.